The van der Waals surface area contributed by atoms with E-state index in [2.05, 4.69) is 15.3 Å². The maximum absolute atomic E-state index is 12.9. The number of benzene rings is 1. The molecule has 152 valence electrons. The largest absolute Gasteiger partial charge is 0.416 e. The zero-order chi connectivity index (χ0) is 20.3. The van der Waals surface area contributed by atoms with E-state index in [4.69, 9.17) is 0 Å². The Hall–Kier alpha value is -2.19. The highest BCUT2D eigenvalue weighted by Crippen LogP contribution is 2.30. The van der Waals surface area contributed by atoms with E-state index in [-0.39, 0.29) is 11.5 Å². The lowest BCUT2D eigenvalue weighted by Gasteiger charge is -2.27. The van der Waals surface area contributed by atoms with Gasteiger partial charge in [-0.1, -0.05) is 26.0 Å². The van der Waals surface area contributed by atoms with Crippen molar-refractivity contribution in [3.8, 4) is 11.3 Å². The van der Waals surface area contributed by atoms with Gasteiger partial charge in [0.15, 0.2) is 0 Å². The number of rotatable bonds is 5. The van der Waals surface area contributed by atoms with Gasteiger partial charge in [0.2, 0.25) is 0 Å². The molecule has 0 radical (unpaired) electrons. The lowest BCUT2D eigenvalue weighted by Crippen LogP contribution is -2.44. The van der Waals surface area contributed by atoms with Gasteiger partial charge in [0.25, 0.3) is 5.56 Å². The van der Waals surface area contributed by atoms with Crippen LogP contribution in [-0.4, -0.2) is 40.9 Å². The molecule has 1 aliphatic heterocycles. The molecule has 28 heavy (non-hydrogen) atoms. The van der Waals surface area contributed by atoms with E-state index in [1.807, 2.05) is 13.8 Å². The molecule has 0 unspecified atom stereocenters. The van der Waals surface area contributed by atoms with Crippen LogP contribution in [-0.2, 0) is 19.3 Å². The Morgan fingerprint density at radius 2 is 1.79 bits per heavy atom. The highest BCUT2D eigenvalue weighted by Gasteiger charge is 2.30. The minimum Gasteiger partial charge on any atom is -0.314 e. The summed E-state index contributed by atoms with van der Waals surface area (Å²) in [5, 5.41) is 7.70. The smallest absolute Gasteiger partial charge is 0.314 e. The molecule has 0 saturated carbocycles. The third-order valence-corrected chi connectivity index (χ3v) is 4.70. The fourth-order valence-electron chi connectivity index (χ4n) is 3.26. The van der Waals surface area contributed by atoms with Crippen LogP contribution in [0.4, 0.5) is 13.2 Å². The number of aromatic nitrogens is 2. The van der Waals surface area contributed by atoms with Gasteiger partial charge in [0, 0.05) is 50.4 Å². The van der Waals surface area contributed by atoms with Crippen LogP contribution in [0.5, 0.6) is 0 Å². The molecule has 1 fully saturated rings. The van der Waals surface area contributed by atoms with E-state index in [0.717, 1.165) is 38.3 Å². The van der Waals surface area contributed by atoms with Crippen LogP contribution < -0.4 is 10.9 Å². The molecule has 1 aliphatic rings. The Labute approximate surface area is 162 Å². The molecule has 0 bridgehead atoms. The van der Waals surface area contributed by atoms with Crippen LogP contribution in [0.2, 0.25) is 0 Å². The van der Waals surface area contributed by atoms with Gasteiger partial charge in [-0.2, -0.15) is 18.3 Å². The average Bonchev–Trinajstić information content (AvgIpc) is 2.65. The second-order valence-corrected chi connectivity index (χ2v) is 7.54. The van der Waals surface area contributed by atoms with E-state index < -0.39 is 11.7 Å². The lowest BCUT2D eigenvalue weighted by atomic mass is 10.1. The van der Waals surface area contributed by atoms with Gasteiger partial charge >= 0.3 is 6.18 Å². The van der Waals surface area contributed by atoms with Gasteiger partial charge in [-0.15, -0.1) is 0 Å². The molecule has 1 aromatic carbocycles. The number of hydrogen-bond acceptors (Lipinski definition) is 4. The van der Waals surface area contributed by atoms with Gasteiger partial charge in [0.05, 0.1) is 11.3 Å². The minimum atomic E-state index is -4.38. The third kappa shape index (κ3) is 4.99. The Bertz CT molecular complexity index is 853. The van der Waals surface area contributed by atoms with Crippen molar-refractivity contribution in [2.24, 2.45) is 5.92 Å². The molecule has 0 amide bonds. The number of halogens is 3. The normalized spacial score (nSPS) is 15.9. The average molecular weight is 394 g/mol. The SMILES string of the molecule is CC(C)Cn1nc(-c2ccc(C(F)(F)F)cc2)cc(CN2CCNCC2)c1=O. The molecule has 1 N–H and O–H groups in total. The van der Waals surface area contributed by atoms with Crippen molar-refractivity contribution >= 4 is 0 Å². The first-order valence-corrected chi connectivity index (χ1v) is 9.46. The molecule has 1 aromatic heterocycles. The first-order chi connectivity index (χ1) is 13.2. The third-order valence-electron chi connectivity index (χ3n) is 4.70. The van der Waals surface area contributed by atoms with Crippen LogP contribution in [0.15, 0.2) is 35.1 Å². The number of piperazine rings is 1. The zero-order valence-corrected chi connectivity index (χ0v) is 16.1. The van der Waals surface area contributed by atoms with E-state index in [1.54, 1.807) is 6.07 Å². The predicted octanol–water partition coefficient (Wildman–Crippen LogP) is 2.99. The number of nitrogens with one attached hydrogen (secondary N) is 1. The van der Waals surface area contributed by atoms with Crippen LogP contribution >= 0.6 is 0 Å². The molecule has 3 rings (SSSR count). The Kier molecular flexibility index (Phi) is 6.20. The van der Waals surface area contributed by atoms with Crippen LogP contribution in [0.3, 0.4) is 0 Å². The van der Waals surface area contributed by atoms with Crippen molar-refractivity contribution in [1.82, 2.24) is 20.0 Å². The molecule has 5 nitrogen and oxygen atoms in total. The topological polar surface area (TPSA) is 50.2 Å². The van der Waals surface area contributed by atoms with Crippen molar-refractivity contribution in [3.63, 3.8) is 0 Å². The molecule has 2 heterocycles. The van der Waals surface area contributed by atoms with Gasteiger partial charge < -0.3 is 5.32 Å². The molecule has 2 aromatic rings. The summed E-state index contributed by atoms with van der Waals surface area (Å²) < 4.78 is 39.9. The second kappa shape index (κ2) is 8.45. The van der Waals surface area contributed by atoms with E-state index in [1.165, 1.54) is 16.8 Å². The Morgan fingerprint density at radius 1 is 1.14 bits per heavy atom. The molecule has 0 atom stereocenters. The minimum absolute atomic E-state index is 0.136. The Balaban J connectivity index is 1.97. The summed E-state index contributed by atoms with van der Waals surface area (Å²) in [6.07, 6.45) is -4.38. The zero-order valence-electron chi connectivity index (χ0n) is 16.1. The standard InChI is InChI=1S/C20H25F3N4O/c1-14(2)12-27-19(28)16(13-26-9-7-24-8-10-26)11-18(25-27)15-3-5-17(6-4-15)20(21,22)23/h3-6,11,14,24H,7-10,12-13H2,1-2H3. The van der Waals surface area contributed by atoms with Gasteiger partial charge in [-0.25, -0.2) is 4.68 Å². The van der Waals surface area contributed by atoms with Crippen LogP contribution in [0.25, 0.3) is 11.3 Å². The van der Waals surface area contributed by atoms with Crippen molar-refractivity contribution < 1.29 is 13.2 Å². The van der Waals surface area contributed by atoms with Crippen molar-refractivity contribution in [2.75, 3.05) is 26.2 Å². The second-order valence-electron chi connectivity index (χ2n) is 7.54. The maximum atomic E-state index is 12.9. The summed E-state index contributed by atoms with van der Waals surface area (Å²) in [5.41, 5.74) is 0.856. The fourth-order valence-corrected chi connectivity index (χ4v) is 3.26. The van der Waals surface area contributed by atoms with E-state index >= 15 is 0 Å². The molecule has 0 spiro atoms. The molecule has 0 aliphatic carbocycles. The number of alkyl halides is 3. The van der Waals surface area contributed by atoms with Crippen molar-refractivity contribution in [3.05, 3.63) is 51.8 Å². The number of hydrogen-bond donors (Lipinski definition) is 1. The summed E-state index contributed by atoms with van der Waals surface area (Å²) in [4.78, 5) is 15.1. The summed E-state index contributed by atoms with van der Waals surface area (Å²) in [5.74, 6) is 0.222. The molecule has 8 heteroatoms. The van der Waals surface area contributed by atoms with Crippen LogP contribution in [0, 0.1) is 5.92 Å². The summed E-state index contributed by atoms with van der Waals surface area (Å²) >= 11 is 0. The summed E-state index contributed by atoms with van der Waals surface area (Å²) in [7, 11) is 0. The van der Waals surface area contributed by atoms with E-state index in [0.29, 0.717) is 29.9 Å². The fraction of sp³-hybridized carbons (Fsp3) is 0.500. The quantitative estimate of drug-likeness (QED) is 0.847. The molecule has 1 saturated heterocycles. The maximum Gasteiger partial charge on any atom is 0.416 e. The Morgan fingerprint density at radius 3 is 2.36 bits per heavy atom. The molecular weight excluding hydrogens is 369 g/mol. The summed E-state index contributed by atoms with van der Waals surface area (Å²) in [6, 6.07) is 6.62. The highest BCUT2D eigenvalue weighted by molar-refractivity contribution is 5.59. The van der Waals surface area contributed by atoms with Gasteiger partial charge in [-0.05, 0) is 24.1 Å². The van der Waals surface area contributed by atoms with Crippen molar-refractivity contribution in [1.29, 1.82) is 0 Å². The van der Waals surface area contributed by atoms with Crippen LogP contribution in [0.1, 0.15) is 25.0 Å². The first-order valence-electron chi connectivity index (χ1n) is 9.46. The highest BCUT2D eigenvalue weighted by atomic mass is 19.4. The number of nitrogens with zero attached hydrogens (tertiary/aromatic N) is 3. The van der Waals surface area contributed by atoms with Crippen molar-refractivity contribution in [2.45, 2.75) is 33.1 Å². The predicted molar refractivity (Wildman–Crippen MR) is 102 cm³/mol. The lowest BCUT2D eigenvalue weighted by molar-refractivity contribution is -0.137. The van der Waals surface area contributed by atoms with Gasteiger partial charge in [0.1, 0.15) is 0 Å². The monoisotopic (exact) mass is 394 g/mol. The summed E-state index contributed by atoms with van der Waals surface area (Å²) in [6.45, 7) is 8.40. The van der Waals surface area contributed by atoms with Gasteiger partial charge in [-0.3, -0.25) is 9.69 Å². The first kappa shape index (κ1) is 20.5. The van der Waals surface area contributed by atoms with E-state index in [9.17, 15) is 18.0 Å². The molecular formula is C20H25F3N4O.